The molecule has 8 heteroatoms. The van der Waals surface area contributed by atoms with Crippen LogP contribution in [0.1, 0.15) is 19.3 Å². The summed E-state index contributed by atoms with van der Waals surface area (Å²) in [5.41, 5.74) is 2.62. The van der Waals surface area contributed by atoms with Crippen molar-refractivity contribution in [1.29, 1.82) is 0 Å². The van der Waals surface area contributed by atoms with E-state index in [1.807, 2.05) is 5.43 Å². The summed E-state index contributed by atoms with van der Waals surface area (Å²) in [5, 5.41) is 4.11. The maximum atomic E-state index is 12.0. The number of amides is 1. The van der Waals surface area contributed by atoms with Gasteiger partial charge in [-0.2, -0.15) is 5.10 Å². The molecule has 0 aromatic carbocycles. The lowest BCUT2D eigenvalue weighted by atomic mass is 10.1. The third-order valence-electron chi connectivity index (χ3n) is 3.71. The number of carbonyl (C=O) groups excluding carboxylic acids is 1. The fourth-order valence-corrected chi connectivity index (χ4v) is 2.39. The van der Waals surface area contributed by atoms with Gasteiger partial charge in [0.25, 0.3) is 5.56 Å². The Hall–Kier alpha value is -1.93. The fourth-order valence-electron chi connectivity index (χ4n) is 2.39. The highest BCUT2D eigenvalue weighted by Gasteiger charge is 2.19. The number of hydrazine groups is 1. The van der Waals surface area contributed by atoms with Crippen LogP contribution in [0.15, 0.2) is 17.1 Å². The van der Waals surface area contributed by atoms with Crippen molar-refractivity contribution in [3.8, 4) is 0 Å². The van der Waals surface area contributed by atoms with Gasteiger partial charge in [-0.3, -0.25) is 15.0 Å². The Kier molecular flexibility index (Phi) is 5.29. The molecule has 3 N–H and O–H groups in total. The lowest BCUT2D eigenvalue weighted by molar-refractivity contribution is -0.121. The first-order chi connectivity index (χ1) is 10.1. The van der Waals surface area contributed by atoms with Gasteiger partial charge in [0.1, 0.15) is 0 Å². The van der Waals surface area contributed by atoms with Crippen LogP contribution in [0.5, 0.6) is 0 Å². The van der Waals surface area contributed by atoms with E-state index in [1.54, 1.807) is 19.4 Å². The highest BCUT2D eigenvalue weighted by molar-refractivity contribution is 5.74. The molecule has 1 aromatic heterocycles. The predicted octanol–water partition coefficient (Wildman–Crippen LogP) is -0.761. The van der Waals surface area contributed by atoms with Gasteiger partial charge in [-0.25, -0.2) is 10.5 Å². The third-order valence-corrected chi connectivity index (χ3v) is 3.71. The zero-order chi connectivity index (χ0) is 15.2. The Morgan fingerprint density at radius 3 is 2.81 bits per heavy atom. The van der Waals surface area contributed by atoms with Gasteiger partial charge in [0.05, 0.1) is 24.5 Å². The number of hydrogen-bond acceptors (Lipinski definition) is 6. The van der Waals surface area contributed by atoms with Gasteiger partial charge in [0, 0.05) is 32.7 Å². The van der Waals surface area contributed by atoms with E-state index in [0.29, 0.717) is 6.10 Å². The van der Waals surface area contributed by atoms with Crippen LogP contribution in [-0.2, 0) is 16.1 Å². The van der Waals surface area contributed by atoms with Crippen molar-refractivity contribution in [3.63, 3.8) is 0 Å². The normalized spacial score (nSPS) is 16.0. The van der Waals surface area contributed by atoms with Crippen molar-refractivity contribution >= 4 is 11.6 Å². The molecule has 8 nitrogen and oxygen atoms in total. The molecule has 0 atom stereocenters. The summed E-state index contributed by atoms with van der Waals surface area (Å²) in [5.74, 6) is 4.67. The molecule has 0 saturated carbocycles. The first-order valence-electron chi connectivity index (χ1n) is 6.98. The number of anilines is 1. The molecule has 1 fully saturated rings. The minimum atomic E-state index is -0.325. The maximum Gasteiger partial charge on any atom is 0.268 e. The second-order valence-corrected chi connectivity index (χ2v) is 5.01. The molecule has 21 heavy (non-hydrogen) atoms. The van der Waals surface area contributed by atoms with Crippen LogP contribution in [0.3, 0.4) is 0 Å². The zero-order valence-corrected chi connectivity index (χ0v) is 12.1. The molecule has 1 aliphatic rings. The first-order valence-corrected chi connectivity index (χ1v) is 6.98. The van der Waals surface area contributed by atoms with Crippen LogP contribution in [0.4, 0.5) is 5.69 Å². The summed E-state index contributed by atoms with van der Waals surface area (Å²) in [6.45, 7) is 1.91. The number of methoxy groups -OCH3 is 1. The Labute approximate surface area is 122 Å². The standard InChI is InChI=1S/C13H21N5O3/c1-21-11-2-5-17(6-3-11)10-8-13(20)18(15-9-10)7-4-12(19)16-14/h8-9,11H,2-7,14H2,1H3,(H,16,19). The van der Waals surface area contributed by atoms with Crippen molar-refractivity contribution in [2.24, 2.45) is 5.84 Å². The average Bonchev–Trinajstić information content (AvgIpc) is 2.53. The maximum absolute atomic E-state index is 12.0. The first kappa shape index (κ1) is 15.5. The average molecular weight is 295 g/mol. The Morgan fingerprint density at radius 2 is 2.24 bits per heavy atom. The second-order valence-electron chi connectivity index (χ2n) is 5.01. The molecule has 1 saturated heterocycles. The van der Waals surface area contributed by atoms with E-state index in [9.17, 15) is 9.59 Å². The van der Waals surface area contributed by atoms with Gasteiger partial charge in [-0.1, -0.05) is 0 Å². The smallest absolute Gasteiger partial charge is 0.268 e. The topological polar surface area (TPSA) is 102 Å². The second kappa shape index (κ2) is 7.19. The number of nitrogens with zero attached hydrogens (tertiary/aromatic N) is 3. The molecule has 1 amide bonds. The highest BCUT2D eigenvalue weighted by atomic mass is 16.5. The SMILES string of the molecule is COC1CCN(c2cnn(CCC(=O)NN)c(=O)c2)CC1. The fraction of sp³-hybridized carbons (Fsp3) is 0.615. The number of aryl methyl sites for hydroxylation is 1. The summed E-state index contributed by atoms with van der Waals surface area (Å²) in [4.78, 5) is 25.2. The summed E-state index contributed by atoms with van der Waals surface area (Å²) in [7, 11) is 1.72. The zero-order valence-electron chi connectivity index (χ0n) is 12.1. The molecule has 0 unspecified atom stereocenters. The molecule has 0 spiro atoms. The van der Waals surface area contributed by atoms with Crippen LogP contribution >= 0.6 is 0 Å². The molecular weight excluding hydrogens is 274 g/mol. The van der Waals surface area contributed by atoms with E-state index >= 15 is 0 Å². The summed E-state index contributed by atoms with van der Waals surface area (Å²) >= 11 is 0. The van der Waals surface area contributed by atoms with E-state index in [-0.39, 0.29) is 24.4 Å². The number of hydrogen-bond donors (Lipinski definition) is 2. The number of nitrogens with two attached hydrogens (primary N) is 1. The van der Waals surface area contributed by atoms with Gasteiger partial charge in [0.15, 0.2) is 0 Å². The van der Waals surface area contributed by atoms with Crippen molar-refractivity contribution in [1.82, 2.24) is 15.2 Å². The van der Waals surface area contributed by atoms with Crippen molar-refractivity contribution < 1.29 is 9.53 Å². The minimum Gasteiger partial charge on any atom is -0.381 e. The minimum absolute atomic E-state index is 0.127. The van der Waals surface area contributed by atoms with Gasteiger partial charge in [0.2, 0.25) is 5.91 Å². The molecule has 1 aliphatic heterocycles. The number of carbonyl (C=O) groups is 1. The molecular formula is C13H21N5O3. The highest BCUT2D eigenvalue weighted by Crippen LogP contribution is 2.18. The summed E-state index contributed by atoms with van der Waals surface area (Å²) < 4.78 is 6.59. The molecule has 0 radical (unpaired) electrons. The molecule has 2 heterocycles. The van der Waals surface area contributed by atoms with Crippen molar-refractivity contribution in [2.45, 2.75) is 31.9 Å². The van der Waals surface area contributed by atoms with E-state index < -0.39 is 0 Å². The molecule has 2 rings (SSSR count). The molecule has 1 aromatic rings. The van der Waals surface area contributed by atoms with Crippen LogP contribution < -0.4 is 21.7 Å². The third kappa shape index (κ3) is 4.02. The van der Waals surface area contributed by atoms with E-state index in [1.165, 1.54) is 4.68 Å². The number of aromatic nitrogens is 2. The molecule has 0 aliphatic carbocycles. The number of nitrogens with one attached hydrogen (secondary N) is 1. The van der Waals surface area contributed by atoms with Gasteiger partial charge >= 0.3 is 0 Å². The van der Waals surface area contributed by atoms with Crippen LogP contribution in [0.2, 0.25) is 0 Å². The molecule has 116 valence electrons. The van der Waals surface area contributed by atoms with Gasteiger partial charge in [-0.05, 0) is 12.8 Å². The largest absolute Gasteiger partial charge is 0.381 e. The molecule has 0 bridgehead atoms. The van der Waals surface area contributed by atoms with Crippen LogP contribution in [0.25, 0.3) is 0 Å². The van der Waals surface area contributed by atoms with Crippen molar-refractivity contribution in [2.75, 3.05) is 25.1 Å². The van der Waals surface area contributed by atoms with Crippen LogP contribution in [0, 0.1) is 0 Å². The monoisotopic (exact) mass is 295 g/mol. The number of rotatable bonds is 5. The Balaban J connectivity index is 1.99. The number of piperidine rings is 1. The number of ether oxygens (including phenoxy) is 1. The van der Waals surface area contributed by atoms with Gasteiger partial charge in [-0.15, -0.1) is 0 Å². The lowest BCUT2D eigenvalue weighted by Gasteiger charge is -2.32. The Morgan fingerprint density at radius 1 is 1.52 bits per heavy atom. The quantitative estimate of drug-likeness (QED) is 0.420. The Bertz CT molecular complexity index is 537. The van der Waals surface area contributed by atoms with Crippen molar-refractivity contribution in [3.05, 3.63) is 22.6 Å². The van der Waals surface area contributed by atoms with E-state index in [2.05, 4.69) is 10.00 Å². The van der Waals surface area contributed by atoms with Gasteiger partial charge < -0.3 is 9.64 Å². The van der Waals surface area contributed by atoms with E-state index in [4.69, 9.17) is 10.6 Å². The summed E-state index contributed by atoms with van der Waals surface area (Å²) in [6, 6.07) is 1.56. The lowest BCUT2D eigenvalue weighted by Crippen LogP contribution is -2.38. The summed E-state index contributed by atoms with van der Waals surface area (Å²) in [6.07, 6.45) is 3.97. The van der Waals surface area contributed by atoms with Crippen LogP contribution in [-0.4, -0.2) is 42.0 Å². The predicted molar refractivity (Wildman–Crippen MR) is 77.7 cm³/mol. The van der Waals surface area contributed by atoms with E-state index in [0.717, 1.165) is 31.6 Å².